The molecule has 0 bridgehead atoms. The van der Waals surface area contributed by atoms with E-state index in [2.05, 4.69) is 5.32 Å². The summed E-state index contributed by atoms with van der Waals surface area (Å²) in [5, 5.41) is 3.65. The Hall–Kier alpha value is -2.78. The molecule has 172 valence electrons. The van der Waals surface area contributed by atoms with Crippen LogP contribution in [0.2, 0.25) is 10.0 Å². The van der Waals surface area contributed by atoms with Crippen LogP contribution < -0.4 is 14.8 Å². The van der Waals surface area contributed by atoms with Gasteiger partial charge in [-0.3, -0.25) is 4.79 Å². The first-order chi connectivity index (χ1) is 15.8. The second kappa shape index (κ2) is 10.0. The van der Waals surface area contributed by atoms with Crippen LogP contribution in [0.4, 0.5) is 0 Å². The summed E-state index contributed by atoms with van der Waals surface area (Å²) in [5.74, 6) is 0.800. The minimum atomic E-state index is -3.98. The summed E-state index contributed by atoms with van der Waals surface area (Å²) in [6.45, 7) is -0.0291. The summed E-state index contributed by atoms with van der Waals surface area (Å²) in [5.41, 5.74) is 1.46. The summed E-state index contributed by atoms with van der Waals surface area (Å²) < 4.78 is 38.4. The van der Waals surface area contributed by atoms with E-state index >= 15 is 0 Å². The van der Waals surface area contributed by atoms with E-state index in [1.54, 1.807) is 36.4 Å². The molecule has 1 heterocycles. The van der Waals surface area contributed by atoms with Gasteiger partial charge in [-0.05, 0) is 59.7 Å². The Bertz CT molecular complexity index is 1270. The fourth-order valence-electron chi connectivity index (χ4n) is 3.29. The Labute approximate surface area is 201 Å². The van der Waals surface area contributed by atoms with E-state index in [0.29, 0.717) is 27.1 Å². The van der Waals surface area contributed by atoms with Gasteiger partial charge in [0.25, 0.3) is 0 Å². The van der Waals surface area contributed by atoms with E-state index in [4.69, 9.17) is 32.7 Å². The number of hydrogen-bond donors (Lipinski definition) is 1. The van der Waals surface area contributed by atoms with E-state index < -0.39 is 15.9 Å². The molecule has 0 unspecified atom stereocenters. The van der Waals surface area contributed by atoms with Gasteiger partial charge in [-0.2, -0.15) is 4.31 Å². The molecule has 0 saturated heterocycles. The minimum absolute atomic E-state index is 0.0248. The molecule has 0 atom stereocenters. The van der Waals surface area contributed by atoms with Gasteiger partial charge >= 0.3 is 0 Å². The molecule has 0 spiro atoms. The van der Waals surface area contributed by atoms with Crippen molar-refractivity contribution in [3.63, 3.8) is 0 Å². The third kappa shape index (κ3) is 5.78. The number of halogens is 2. The van der Waals surface area contributed by atoms with E-state index in [9.17, 15) is 13.2 Å². The number of carbonyl (C=O) groups is 1. The standard InChI is InChI=1S/C23H20Cl2N2O5S/c24-18-5-7-20(8-6-18)33(29,30)27(13-17-2-1-3-19(25)10-17)14-23(28)26-12-16-4-9-21-22(11-16)32-15-31-21/h1-11H,12-15H2,(H,26,28). The first-order valence-corrected chi connectivity index (χ1v) is 12.2. The minimum Gasteiger partial charge on any atom is -0.454 e. The van der Waals surface area contributed by atoms with Gasteiger partial charge in [0.15, 0.2) is 11.5 Å². The van der Waals surface area contributed by atoms with Gasteiger partial charge in [-0.1, -0.05) is 41.4 Å². The van der Waals surface area contributed by atoms with Crippen LogP contribution in [0, 0.1) is 0 Å². The number of nitrogens with zero attached hydrogens (tertiary/aromatic N) is 1. The Morgan fingerprint density at radius 3 is 2.42 bits per heavy atom. The molecule has 4 rings (SSSR count). The molecule has 3 aromatic rings. The summed E-state index contributed by atoms with van der Waals surface area (Å²) in [7, 11) is -3.98. The number of amides is 1. The topological polar surface area (TPSA) is 84.9 Å². The number of sulfonamides is 1. The number of rotatable bonds is 8. The van der Waals surface area contributed by atoms with Gasteiger partial charge in [0.2, 0.25) is 22.7 Å². The quantitative estimate of drug-likeness (QED) is 0.494. The highest BCUT2D eigenvalue weighted by Crippen LogP contribution is 2.32. The lowest BCUT2D eigenvalue weighted by atomic mass is 10.2. The van der Waals surface area contributed by atoms with Crippen molar-refractivity contribution in [2.45, 2.75) is 18.0 Å². The van der Waals surface area contributed by atoms with Crippen molar-refractivity contribution in [2.75, 3.05) is 13.3 Å². The average Bonchev–Trinajstić information content (AvgIpc) is 3.25. The van der Waals surface area contributed by atoms with E-state index in [-0.39, 0.29) is 31.3 Å². The van der Waals surface area contributed by atoms with Crippen LogP contribution in [-0.4, -0.2) is 32.0 Å². The van der Waals surface area contributed by atoms with E-state index in [0.717, 1.165) is 9.87 Å². The molecule has 0 radical (unpaired) electrons. The highest BCUT2D eigenvalue weighted by Gasteiger charge is 2.27. The molecule has 0 aliphatic carbocycles. The number of nitrogens with one attached hydrogen (secondary N) is 1. The number of hydrogen-bond acceptors (Lipinski definition) is 5. The zero-order chi connectivity index (χ0) is 23.4. The second-order valence-electron chi connectivity index (χ2n) is 7.32. The molecule has 1 amide bonds. The third-order valence-corrected chi connectivity index (χ3v) is 7.24. The maximum absolute atomic E-state index is 13.3. The molecule has 1 aliphatic rings. The smallest absolute Gasteiger partial charge is 0.243 e. The molecular weight excluding hydrogens is 487 g/mol. The molecule has 0 saturated carbocycles. The number of carbonyl (C=O) groups excluding carboxylic acids is 1. The van der Waals surface area contributed by atoms with E-state index in [1.165, 1.54) is 24.3 Å². The molecule has 33 heavy (non-hydrogen) atoms. The Morgan fingerprint density at radius 2 is 1.67 bits per heavy atom. The number of ether oxygens (including phenoxy) is 2. The van der Waals surface area contributed by atoms with Gasteiger partial charge < -0.3 is 14.8 Å². The van der Waals surface area contributed by atoms with Crippen molar-refractivity contribution in [1.29, 1.82) is 0 Å². The number of benzene rings is 3. The predicted molar refractivity (Wildman–Crippen MR) is 125 cm³/mol. The molecule has 0 aromatic heterocycles. The molecular formula is C23H20Cl2N2O5S. The Morgan fingerprint density at radius 1 is 0.909 bits per heavy atom. The highest BCUT2D eigenvalue weighted by molar-refractivity contribution is 7.89. The van der Waals surface area contributed by atoms with Gasteiger partial charge in [-0.25, -0.2) is 8.42 Å². The van der Waals surface area contributed by atoms with Crippen molar-refractivity contribution in [3.8, 4) is 11.5 Å². The lowest BCUT2D eigenvalue weighted by Gasteiger charge is -2.22. The summed E-state index contributed by atoms with van der Waals surface area (Å²) in [6.07, 6.45) is 0. The maximum Gasteiger partial charge on any atom is 0.243 e. The maximum atomic E-state index is 13.3. The summed E-state index contributed by atoms with van der Waals surface area (Å²) >= 11 is 12.0. The van der Waals surface area contributed by atoms with Crippen molar-refractivity contribution < 1.29 is 22.7 Å². The number of fused-ring (bicyclic) bond motifs is 1. The van der Waals surface area contributed by atoms with E-state index in [1.807, 2.05) is 6.07 Å². The first-order valence-electron chi connectivity index (χ1n) is 9.97. The zero-order valence-corrected chi connectivity index (χ0v) is 19.7. The van der Waals surface area contributed by atoms with Crippen LogP contribution in [0.3, 0.4) is 0 Å². The second-order valence-corrected chi connectivity index (χ2v) is 10.1. The normalized spacial score (nSPS) is 12.7. The Kier molecular flexibility index (Phi) is 7.09. The lowest BCUT2D eigenvalue weighted by molar-refractivity contribution is -0.121. The summed E-state index contributed by atoms with van der Waals surface area (Å²) in [6, 6.07) is 18.0. The van der Waals surface area contributed by atoms with Crippen molar-refractivity contribution >= 4 is 39.1 Å². The lowest BCUT2D eigenvalue weighted by Crippen LogP contribution is -2.40. The van der Waals surface area contributed by atoms with Crippen LogP contribution in [-0.2, 0) is 27.9 Å². The SMILES string of the molecule is O=C(CN(Cc1cccc(Cl)c1)S(=O)(=O)c1ccc(Cl)cc1)NCc1ccc2c(c1)OCO2. The highest BCUT2D eigenvalue weighted by atomic mass is 35.5. The van der Waals surface area contributed by atoms with Gasteiger partial charge in [0.1, 0.15) is 0 Å². The van der Waals surface area contributed by atoms with Gasteiger partial charge in [0.05, 0.1) is 11.4 Å². The van der Waals surface area contributed by atoms with Gasteiger partial charge in [-0.15, -0.1) is 0 Å². The van der Waals surface area contributed by atoms with Crippen molar-refractivity contribution in [1.82, 2.24) is 9.62 Å². The van der Waals surface area contributed by atoms with Crippen LogP contribution >= 0.6 is 23.2 Å². The predicted octanol–water partition coefficient (Wildman–Crippen LogP) is 4.23. The van der Waals surface area contributed by atoms with Crippen molar-refractivity contribution in [3.05, 3.63) is 87.9 Å². The monoisotopic (exact) mass is 506 g/mol. The van der Waals surface area contributed by atoms with Gasteiger partial charge in [0, 0.05) is 23.1 Å². The van der Waals surface area contributed by atoms with Crippen LogP contribution in [0.15, 0.2) is 71.6 Å². The molecule has 0 fully saturated rings. The van der Waals surface area contributed by atoms with Crippen LogP contribution in [0.5, 0.6) is 11.5 Å². The molecule has 1 aliphatic heterocycles. The Balaban J connectivity index is 1.51. The van der Waals surface area contributed by atoms with Crippen molar-refractivity contribution in [2.24, 2.45) is 0 Å². The fourth-order valence-corrected chi connectivity index (χ4v) is 5.01. The molecule has 7 nitrogen and oxygen atoms in total. The first kappa shape index (κ1) is 23.4. The average molecular weight is 507 g/mol. The molecule has 10 heteroatoms. The third-order valence-electron chi connectivity index (χ3n) is 4.95. The molecule has 3 aromatic carbocycles. The molecule has 1 N–H and O–H groups in total. The largest absolute Gasteiger partial charge is 0.454 e. The van der Waals surface area contributed by atoms with Crippen LogP contribution in [0.1, 0.15) is 11.1 Å². The van der Waals surface area contributed by atoms with Crippen LogP contribution in [0.25, 0.3) is 0 Å². The fraction of sp³-hybridized carbons (Fsp3) is 0.174. The summed E-state index contributed by atoms with van der Waals surface area (Å²) in [4.78, 5) is 12.8. The zero-order valence-electron chi connectivity index (χ0n) is 17.3.